The first kappa shape index (κ1) is 23.7. The highest BCUT2D eigenvalue weighted by Crippen LogP contribution is 2.27. The van der Waals surface area contributed by atoms with Crippen molar-refractivity contribution in [1.82, 2.24) is 0 Å². The fourth-order valence-corrected chi connectivity index (χ4v) is 3.59. The number of carbonyl (C=O) groups is 3. The third-order valence-electron chi connectivity index (χ3n) is 4.94. The summed E-state index contributed by atoms with van der Waals surface area (Å²) in [5.41, 5.74) is 2.01. The van der Waals surface area contributed by atoms with Crippen molar-refractivity contribution < 1.29 is 23.9 Å². The number of rotatable bonds is 7. The standard InChI is InChI=1S/C24H28O5S/c1-15-9-8-10-20(13-16(15)2)24(27)30-18(4)17(3)14-28-23(26)21-11-6-7-12-22(21)29-19(5)25/h6-13,15,17-18H,14H2,1-5H3. The first-order valence-electron chi connectivity index (χ1n) is 9.91. The minimum atomic E-state index is -0.564. The molecule has 1 aromatic rings. The lowest BCUT2D eigenvalue weighted by atomic mass is 10.0. The first-order chi connectivity index (χ1) is 14.2. The quantitative estimate of drug-likeness (QED) is 0.443. The van der Waals surface area contributed by atoms with Gasteiger partial charge >= 0.3 is 11.9 Å². The summed E-state index contributed by atoms with van der Waals surface area (Å²) >= 11 is 1.24. The fourth-order valence-electron chi connectivity index (χ4n) is 2.68. The lowest BCUT2D eigenvalue weighted by molar-refractivity contribution is -0.131. The lowest BCUT2D eigenvalue weighted by Crippen LogP contribution is -2.21. The van der Waals surface area contributed by atoms with Gasteiger partial charge in [-0.2, -0.15) is 0 Å². The normalized spacial score (nSPS) is 17.8. The van der Waals surface area contributed by atoms with Gasteiger partial charge in [0.25, 0.3) is 0 Å². The number of carbonyl (C=O) groups excluding carboxylic acids is 3. The predicted octanol–water partition coefficient (Wildman–Crippen LogP) is 5.13. The molecular formula is C24H28O5S. The summed E-state index contributed by atoms with van der Waals surface area (Å²) in [6.07, 6.45) is 7.76. The summed E-state index contributed by atoms with van der Waals surface area (Å²) in [5.74, 6) is -0.637. The molecule has 2 rings (SSSR count). The average Bonchev–Trinajstić information content (AvgIpc) is 2.86. The Morgan fingerprint density at radius 2 is 1.87 bits per heavy atom. The molecule has 1 aliphatic carbocycles. The van der Waals surface area contributed by atoms with Crippen molar-refractivity contribution >= 4 is 28.8 Å². The van der Waals surface area contributed by atoms with Crippen LogP contribution in [0.25, 0.3) is 0 Å². The van der Waals surface area contributed by atoms with E-state index < -0.39 is 11.9 Å². The zero-order valence-corrected chi connectivity index (χ0v) is 18.8. The molecule has 0 amide bonds. The summed E-state index contributed by atoms with van der Waals surface area (Å²) in [7, 11) is 0. The lowest BCUT2D eigenvalue weighted by Gasteiger charge is -2.19. The molecule has 3 atom stereocenters. The number of ether oxygens (including phenoxy) is 2. The highest BCUT2D eigenvalue weighted by atomic mass is 32.2. The van der Waals surface area contributed by atoms with E-state index in [1.54, 1.807) is 24.3 Å². The molecule has 0 aromatic heterocycles. The van der Waals surface area contributed by atoms with E-state index in [9.17, 15) is 14.4 Å². The minimum Gasteiger partial charge on any atom is -0.462 e. The highest BCUT2D eigenvalue weighted by molar-refractivity contribution is 8.14. The first-order valence-corrected chi connectivity index (χ1v) is 10.8. The monoisotopic (exact) mass is 428 g/mol. The molecule has 1 aromatic carbocycles. The molecule has 0 bridgehead atoms. The van der Waals surface area contributed by atoms with E-state index in [4.69, 9.17) is 9.47 Å². The van der Waals surface area contributed by atoms with Crippen molar-refractivity contribution in [3.63, 3.8) is 0 Å². The Bertz CT molecular complexity index is 897. The van der Waals surface area contributed by atoms with Crippen LogP contribution in [0.3, 0.4) is 0 Å². The second-order valence-electron chi connectivity index (χ2n) is 7.46. The van der Waals surface area contributed by atoms with E-state index in [0.717, 1.165) is 5.57 Å². The Morgan fingerprint density at radius 3 is 2.57 bits per heavy atom. The number of esters is 2. The summed E-state index contributed by atoms with van der Waals surface area (Å²) in [6, 6.07) is 6.45. The maximum absolute atomic E-state index is 12.7. The molecule has 5 nitrogen and oxygen atoms in total. The number of benzene rings is 1. The highest BCUT2D eigenvalue weighted by Gasteiger charge is 2.22. The van der Waals surface area contributed by atoms with Crippen LogP contribution in [-0.2, 0) is 14.3 Å². The van der Waals surface area contributed by atoms with Crippen molar-refractivity contribution in [1.29, 1.82) is 0 Å². The van der Waals surface area contributed by atoms with Crippen LogP contribution in [0.5, 0.6) is 5.75 Å². The number of thioether (sulfide) groups is 1. The van der Waals surface area contributed by atoms with Crippen LogP contribution in [0.15, 0.2) is 59.7 Å². The molecule has 0 saturated heterocycles. The van der Waals surface area contributed by atoms with Crippen molar-refractivity contribution in [2.75, 3.05) is 6.61 Å². The van der Waals surface area contributed by atoms with Crippen LogP contribution < -0.4 is 4.74 Å². The number of hydrogen-bond acceptors (Lipinski definition) is 6. The van der Waals surface area contributed by atoms with Crippen molar-refractivity contribution in [2.45, 2.75) is 39.9 Å². The molecular weight excluding hydrogens is 400 g/mol. The molecule has 3 unspecified atom stereocenters. The van der Waals surface area contributed by atoms with Gasteiger partial charge < -0.3 is 9.47 Å². The van der Waals surface area contributed by atoms with E-state index in [1.807, 2.05) is 39.0 Å². The van der Waals surface area contributed by atoms with E-state index >= 15 is 0 Å². The van der Waals surface area contributed by atoms with Crippen LogP contribution in [-0.4, -0.2) is 28.9 Å². The van der Waals surface area contributed by atoms with Gasteiger partial charge in [0.2, 0.25) is 5.12 Å². The number of hydrogen-bond donors (Lipinski definition) is 0. The zero-order valence-electron chi connectivity index (χ0n) is 18.0. The summed E-state index contributed by atoms with van der Waals surface area (Å²) in [4.78, 5) is 36.3. The number of para-hydroxylation sites is 1. The largest absolute Gasteiger partial charge is 0.462 e. The Kier molecular flexibility index (Phi) is 8.66. The summed E-state index contributed by atoms with van der Waals surface area (Å²) < 4.78 is 10.5. The van der Waals surface area contributed by atoms with Gasteiger partial charge in [-0.25, -0.2) is 4.79 Å². The average molecular weight is 429 g/mol. The molecule has 0 fully saturated rings. The fraction of sp³-hybridized carbons (Fsp3) is 0.375. The van der Waals surface area contributed by atoms with Gasteiger partial charge in [-0.1, -0.05) is 74.5 Å². The topological polar surface area (TPSA) is 69.7 Å². The third-order valence-corrected chi connectivity index (χ3v) is 6.23. The second kappa shape index (κ2) is 11.0. The van der Waals surface area contributed by atoms with E-state index in [1.165, 1.54) is 18.7 Å². The molecule has 160 valence electrons. The van der Waals surface area contributed by atoms with Gasteiger partial charge in [0.1, 0.15) is 11.3 Å². The molecule has 0 saturated carbocycles. The maximum atomic E-state index is 12.7. The Morgan fingerprint density at radius 1 is 1.17 bits per heavy atom. The van der Waals surface area contributed by atoms with Crippen molar-refractivity contribution in [2.24, 2.45) is 11.8 Å². The van der Waals surface area contributed by atoms with E-state index in [2.05, 4.69) is 13.0 Å². The SMILES string of the molecule is CC(=O)Oc1ccccc1C(=O)OCC(C)C(C)SC(=O)C1=CC=CC(C)C(C)=C1. The van der Waals surface area contributed by atoms with Crippen molar-refractivity contribution in [3.8, 4) is 5.75 Å². The van der Waals surface area contributed by atoms with E-state index in [-0.39, 0.29) is 34.2 Å². The minimum absolute atomic E-state index is 0.000944. The smallest absolute Gasteiger partial charge is 0.341 e. The van der Waals surface area contributed by atoms with Gasteiger partial charge in [0.15, 0.2) is 0 Å². The van der Waals surface area contributed by atoms with Gasteiger partial charge in [0, 0.05) is 23.7 Å². The van der Waals surface area contributed by atoms with Crippen LogP contribution >= 0.6 is 11.8 Å². The Labute approximate surface area is 182 Å². The van der Waals surface area contributed by atoms with Gasteiger partial charge in [-0.15, -0.1) is 0 Å². The zero-order chi connectivity index (χ0) is 22.3. The number of allylic oxidation sites excluding steroid dienone is 5. The van der Waals surface area contributed by atoms with Crippen molar-refractivity contribution in [3.05, 3.63) is 65.3 Å². The van der Waals surface area contributed by atoms with Crippen LogP contribution in [0.1, 0.15) is 45.0 Å². The van der Waals surface area contributed by atoms with Gasteiger partial charge in [-0.3, -0.25) is 9.59 Å². The molecule has 0 aliphatic heterocycles. The molecule has 0 N–H and O–H groups in total. The van der Waals surface area contributed by atoms with Gasteiger partial charge in [-0.05, 0) is 25.0 Å². The summed E-state index contributed by atoms with van der Waals surface area (Å²) in [6.45, 7) is 9.41. The Hall–Kier alpha value is -2.60. The predicted molar refractivity (Wildman–Crippen MR) is 119 cm³/mol. The second-order valence-corrected chi connectivity index (χ2v) is 8.81. The van der Waals surface area contributed by atoms with Gasteiger partial charge in [0.05, 0.1) is 6.61 Å². The molecule has 0 spiro atoms. The molecule has 0 radical (unpaired) electrons. The van der Waals surface area contributed by atoms with Crippen LogP contribution in [0.4, 0.5) is 0 Å². The molecule has 1 aliphatic rings. The molecule has 30 heavy (non-hydrogen) atoms. The molecule has 6 heteroatoms. The Balaban J connectivity index is 1.94. The third kappa shape index (κ3) is 6.73. The summed E-state index contributed by atoms with van der Waals surface area (Å²) in [5, 5.41) is -0.0488. The van der Waals surface area contributed by atoms with Crippen LogP contribution in [0, 0.1) is 11.8 Å². The van der Waals surface area contributed by atoms with E-state index in [0.29, 0.717) is 11.5 Å². The maximum Gasteiger partial charge on any atom is 0.341 e. The van der Waals surface area contributed by atoms with Crippen LogP contribution in [0.2, 0.25) is 0 Å². The molecule has 0 heterocycles.